The van der Waals surface area contributed by atoms with E-state index in [1.165, 1.54) is 18.7 Å². The number of ether oxygens (including phenoxy) is 1. The number of aromatic nitrogens is 2. The van der Waals surface area contributed by atoms with Crippen LogP contribution in [0.15, 0.2) is 46.3 Å². The number of hydrogen-bond acceptors (Lipinski definition) is 5. The van der Waals surface area contributed by atoms with E-state index in [-0.39, 0.29) is 11.3 Å². The van der Waals surface area contributed by atoms with Gasteiger partial charge in [-0.15, -0.1) is 0 Å². The van der Waals surface area contributed by atoms with Crippen molar-refractivity contribution in [3.05, 3.63) is 62.9 Å². The van der Waals surface area contributed by atoms with Crippen LogP contribution in [0, 0.1) is 0 Å². The Morgan fingerprint density at radius 1 is 1.25 bits per heavy atom. The van der Waals surface area contributed by atoms with E-state index >= 15 is 0 Å². The Balaban J connectivity index is 2.02. The molecule has 0 aliphatic carbocycles. The molecule has 0 aliphatic heterocycles. The van der Waals surface area contributed by atoms with Gasteiger partial charge in [0, 0.05) is 28.4 Å². The predicted octanol–water partition coefficient (Wildman–Crippen LogP) is 4.96. The summed E-state index contributed by atoms with van der Waals surface area (Å²) >= 11 is 7.52. The van der Waals surface area contributed by atoms with Gasteiger partial charge in [-0.2, -0.15) is 0 Å². The standard InChI is InChI=1S/C21H21ClN2O3S/c1-4-9-24-20(26)17-7-6-16(22)11-18(17)23-21(24)28-12-15-10-14(13(2)25)5-8-19(15)27-3/h5-8,10-11H,4,9,12H2,1-3H3. The van der Waals surface area contributed by atoms with Crippen LogP contribution >= 0.6 is 23.4 Å². The molecule has 2 aromatic carbocycles. The minimum absolute atomic E-state index is 0.00438. The molecule has 0 saturated heterocycles. The molecule has 3 aromatic rings. The van der Waals surface area contributed by atoms with Crippen LogP contribution in [0.25, 0.3) is 10.9 Å². The molecule has 3 rings (SSSR count). The summed E-state index contributed by atoms with van der Waals surface area (Å²) in [6.45, 7) is 4.13. The third kappa shape index (κ3) is 4.23. The molecule has 5 nitrogen and oxygen atoms in total. The fraction of sp³-hybridized carbons (Fsp3) is 0.286. The molecule has 1 aromatic heterocycles. The van der Waals surface area contributed by atoms with Crippen molar-refractivity contribution in [1.29, 1.82) is 0 Å². The molecule has 0 amide bonds. The third-order valence-electron chi connectivity index (χ3n) is 4.37. The number of hydrogen-bond donors (Lipinski definition) is 0. The zero-order valence-corrected chi connectivity index (χ0v) is 17.6. The average Bonchev–Trinajstić information content (AvgIpc) is 2.68. The van der Waals surface area contributed by atoms with Crippen LogP contribution in [-0.4, -0.2) is 22.4 Å². The molecule has 1 heterocycles. The lowest BCUT2D eigenvalue weighted by atomic mass is 10.1. The Morgan fingerprint density at radius 2 is 2.04 bits per heavy atom. The summed E-state index contributed by atoms with van der Waals surface area (Å²) in [7, 11) is 1.60. The molecule has 0 N–H and O–H groups in total. The Labute approximate surface area is 172 Å². The first-order valence-electron chi connectivity index (χ1n) is 8.95. The Bertz CT molecular complexity index is 1090. The Hall–Kier alpha value is -2.31. The van der Waals surface area contributed by atoms with Crippen LogP contribution in [-0.2, 0) is 12.3 Å². The van der Waals surface area contributed by atoms with E-state index in [9.17, 15) is 9.59 Å². The van der Waals surface area contributed by atoms with Crippen LogP contribution in [0.4, 0.5) is 0 Å². The summed E-state index contributed by atoms with van der Waals surface area (Å²) < 4.78 is 7.12. The number of carbonyl (C=O) groups is 1. The zero-order valence-electron chi connectivity index (χ0n) is 16.0. The van der Waals surface area contributed by atoms with E-state index in [0.29, 0.717) is 44.7 Å². The van der Waals surface area contributed by atoms with Crippen molar-refractivity contribution in [3.8, 4) is 5.75 Å². The normalized spacial score (nSPS) is 11.0. The molecule has 0 unspecified atom stereocenters. The number of nitrogens with zero attached hydrogens (tertiary/aromatic N) is 2. The molecule has 0 aliphatic rings. The van der Waals surface area contributed by atoms with Gasteiger partial charge in [0.2, 0.25) is 0 Å². The first-order chi connectivity index (χ1) is 13.4. The third-order valence-corrected chi connectivity index (χ3v) is 5.63. The summed E-state index contributed by atoms with van der Waals surface area (Å²) in [4.78, 5) is 29.3. The maximum Gasteiger partial charge on any atom is 0.262 e. The lowest BCUT2D eigenvalue weighted by Gasteiger charge is -2.14. The minimum atomic E-state index is -0.0736. The number of halogens is 1. The van der Waals surface area contributed by atoms with Crippen molar-refractivity contribution in [2.45, 2.75) is 37.7 Å². The molecule has 0 radical (unpaired) electrons. The number of benzene rings is 2. The average molecular weight is 417 g/mol. The first-order valence-corrected chi connectivity index (χ1v) is 10.3. The van der Waals surface area contributed by atoms with E-state index in [1.807, 2.05) is 13.0 Å². The van der Waals surface area contributed by atoms with Gasteiger partial charge in [-0.1, -0.05) is 30.3 Å². The number of methoxy groups -OCH3 is 1. The van der Waals surface area contributed by atoms with Crippen molar-refractivity contribution >= 4 is 40.0 Å². The summed E-state index contributed by atoms with van der Waals surface area (Å²) in [5, 5.41) is 1.72. The van der Waals surface area contributed by atoms with E-state index in [0.717, 1.165) is 12.0 Å². The maximum atomic E-state index is 12.9. The molecular weight excluding hydrogens is 396 g/mol. The van der Waals surface area contributed by atoms with Crippen molar-refractivity contribution < 1.29 is 9.53 Å². The smallest absolute Gasteiger partial charge is 0.262 e. The van der Waals surface area contributed by atoms with Crippen LogP contribution in [0.5, 0.6) is 5.75 Å². The quantitative estimate of drug-likeness (QED) is 0.309. The van der Waals surface area contributed by atoms with Crippen LogP contribution < -0.4 is 10.3 Å². The number of rotatable bonds is 7. The molecular formula is C21H21ClN2O3S. The monoisotopic (exact) mass is 416 g/mol. The van der Waals surface area contributed by atoms with Gasteiger partial charge in [0.1, 0.15) is 5.75 Å². The second-order valence-corrected chi connectivity index (χ2v) is 7.76. The van der Waals surface area contributed by atoms with E-state index in [1.54, 1.807) is 42.0 Å². The maximum absolute atomic E-state index is 12.9. The summed E-state index contributed by atoms with van der Waals surface area (Å²) in [5.41, 5.74) is 2.01. The summed E-state index contributed by atoms with van der Waals surface area (Å²) in [6, 6.07) is 10.5. The van der Waals surface area contributed by atoms with Crippen LogP contribution in [0.2, 0.25) is 5.02 Å². The number of thioether (sulfide) groups is 1. The SMILES string of the molecule is CCCn1c(SCc2cc(C(C)=O)ccc2OC)nc2cc(Cl)ccc2c1=O. The lowest BCUT2D eigenvalue weighted by molar-refractivity contribution is 0.101. The van der Waals surface area contributed by atoms with Crippen molar-refractivity contribution in [3.63, 3.8) is 0 Å². The molecule has 0 atom stereocenters. The first kappa shape index (κ1) is 20.4. The van der Waals surface area contributed by atoms with Crippen LogP contribution in [0.1, 0.15) is 36.2 Å². The fourth-order valence-corrected chi connectivity index (χ4v) is 4.13. The Kier molecular flexibility index (Phi) is 6.42. The van der Waals surface area contributed by atoms with Gasteiger partial charge in [0.25, 0.3) is 5.56 Å². The lowest BCUT2D eigenvalue weighted by Crippen LogP contribution is -2.23. The largest absolute Gasteiger partial charge is 0.496 e. The van der Waals surface area contributed by atoms with Crippen molar-refractivity contribution in [2.75, 3.05) is 7.11 Å². The zero-order chi connectivity index (χ0) is 20.3. The second-order valence-electron chi connectivity index (χ2n) is 6.38. The number of Topliss-reactive ketones (excluding diaryl/α,β-unsaturated/α-hetero) is 1. The van der Waals surface area contributed by atoms with Gasteiger partial charge in [-0.05, 0) is 49.7 Å². The van der Waals surface area contributed by atoms with Crippen molar-refractivity contribution in [1.82, 2.24) is 9.55 Å². The predicted molar refractivity (Wildman–Crippen MR) is 114 cm³/mol. The molecule has 0 saturated carbocycles. The molecule has 0 spiro atoms. The molecule has 146 valence electrons. The van der Waals surface area contributed by atoms with E-state index in [2.05, 4.69) is 4.98 Å². The second kappa shape index (κ2) is 8.80. The molecule has 28 heavy (non-hydrogen) atoms. The topological polar surface area (TPSA) is 61.2 Å². The number of carbonyl (C=O) groups excluding carboxylic acids is 1. The molecule has 0 bridgehead atoms. The Morgan fingerprint density at radius 3 is 2.71 bits per heavy atom. The minimum Gasteiger partial charge on any atom is -0.496 e. The van der Waals surface area contributed by atoms with E-state index < -0.39 is 0 Å². The van der Waals surface area contributed by atoms with Crippen LogP contribution in [0.3, 0.4) is 0 Å². The number of fused-ring (bicyclic) bond motifs is 1. The summed E-state index contributed by atoms with van der Waals surface area (Å²) in [5.74, 6) is 1.22. The van der Waals surface area contributed by atoms with Crippen molar-refractivity contribution in [2.24, 2.45) is 0 Å². The highest BCUT2D eigenvalue weighted by atomic mass is 35.5. The van der Waals surface area contributed by atoms with Gasteiger partial charge in [0.05, 0.1) is 18.0 Å². The fourth-order valence-electron chi connectivity index (χ4n) is 2.96. The number of ketones is 1. The molecule has 7 heteroatoms. The highest BCUT2D eigenvalue weighted by molar-refractivity contribution is 7.98. The highest BCUT2D eigenvalue weighted by Gasteiger charge is 2.14. The summed E-state index contributed by atoms with van der Waals surface area (Å²) in [6.07, 6.45) is 0.817. The highest BCUT2D eigenvalue weighted by Crippen LogP contribution is 2.29. The van der Waals surface area contributed by atoms with Gasteiger partial charge in [-0.3, -0.25) is 14.2 Å². The van der Waals surface area contributed by atoms with Gasteiger partial charge in [-0.25, -0.2) is 4.98 Å². The van der Waals surface area contributed by atoms with Gasteiger partial charge in [0.15, 0.2) is 10.9 Å². The molecule has 0 fully saturated rings. The van der Waals surface area contributed by atoms with Gasteiger partial charge < -0.3 is 4.74 Å². The van der Waals surface area contributed by atoms with E-state index in [4.69, 9.17) is 16.3 Å². The van der Waals surface area contributed by atoms with Gasteiger partial charge >= 0.3 is 0 Å².